The lowest BCUT2D eigenvalue weighted by atomic mass is 9.97. The lowest BCUT2D eigenvalue weighted by Gasteiger charge is -2.19. The number of benzene rings is 1. The second-order valence-electron chi connectivity index (χ2n) is 11.0. The van der Waals surface area contributed by atoms with Crippen molar-refractivity contribution in [3.8, 4) is 0 Å². The van der Waals surface area contributed by atoms with E-state index in [0.29, 0.717) is 49.3 Å². The highest BCUT2D eigenvalue weighted by molar-refractivity contribution is 6.11. The molecule has 1 aromatic carbocycles. The number of carbonyl (C=O) groups excluding carboxylic acids is 2. The molecule has 0 radical (unpaired) electrons. The number of rotatable bonds is 8. The number of aromatic nitrogens is 3. The third kappa shape index (κ3) is 5.24. The van der Waals surface area contributed by atoms with Crippen LogP contribution < -0.4 is 10.6 Å². The highest BCUT2D eigenvalue weighted by Crippen LogP contribution is 2.34. The van der Waals surface area contributed by atoms with Crippen LogP contribution in [-0.4, -0.2) is 53.3 Å². The summed E-state index contributed by atoms with van der Waals surface area (Å²) < 4.78 is 12.5. The van der Waals surface area contributed by atoms with Crippen molar-refractivity contribution in [3.05, 3.63) is 54.0 Å². The van der Waals surface area contributed by atoms with E-state index < -0.39 is 5.97 Å². The molecule has 1 amide bonds. The van der Waals surface area contributed by atoms with Crippen LogP contribution in [0.25, 0.3) is 21.9 Å². The van der Waals surface area contributed by atoms with Gasteiger partial charge >= 0.3 is 5.97 Å². The van der Waals surface area contributed by atoms with Gasteiger partial charge in [-0.05, 0) is 36.0 Å². The van der Waals surface area contributed by atoms with Crippen molar-refractivity contribution in [2.45, 2.75) is 40.2 Å². The predicted molar refractivity (Wildman–Crippen MR) is 149 cm³/mol. The molecular weight excluding hydrogens is 482 g/mol. The minimum Gasteiger partial charge on any atom is -0.464 e. The Hall–Kier alpha value is -3.85. The summed E-state index contributed by atoms with van der Waals surface area (Å²) in [6.07, 6.45) is 5.08. The van der Waals surface area contributed by atoms with Crippen LogP contribution in [0.15, 0.2) is 42.7 Å². The quantitative estimate of drug-likeness (QED) is 0.284. The first-order valence-corrected chi connectivity index (χ1v) is 13.0. The maximum Gasteiger partial charge on any atom is 0.356 e. The van der Waals surface area contributed by atoms with Crippen molar-refractivity contribution in [2.75, 3.05) is 37.5 Å². The molecule has 1 fully saturated rings. The van der Waals surface area contributed by atoms with Gasteiger partial charge in [-0.1, -0.05) is 39.0 Å². The molecule has 38 heavy (non-hydrogen) atoms. The second kappa shape index (κ2) is 10.5. The summed E-state index contributed by atoms with van der Waals surface area (Å²) in [6, 6.07) is 10.1. The van der Waals surface area contributed by atoms with E-state index in [9.17, 15) is 9.59 Å². The highest BCUT2D eigenvalue weighted by atomic mass is 16.5. The summed E-state index contributed by atoms with van der Waals surface area (Å²) in [6.45, 7) is 8.60. The Morgan fingerprint density at radius 1 is 1.24 bits per heavy atom. The van der Waals surface area contributed by atoms with Crippen molar-refractivity contribution in [2.24, 2.45) is 11.3 Å². The van der Waals surface area contributed by atoms with Gasteiger partial charge in [0, 0.05) is 42.2 Å². The molecule has 0 spiro atoms. The van der Waals surface area contributed by atoms with E-state index in [2.05, 4.69) is 42.5 Å². The van der Waals surface area contributed by atoms with E-state index in [-0.39, 0.29) is 22.9 Å². The average molecular weight is 518 g/mol. The van der Waals surface area contributed by atoms with Gasteiger partial charge in [0.25, 0.3) is 0 Å². The molecule has 9 nitrogen and oxygen atoms in total. The molecule has 1 unspecified atom stereocenters. The van der Waals surface area contributed by atoms with Crippen LogP contribution in [0.3, 0.4) is 0 Å². The predicted octanol–water partition coefficient (Wildman–Crippen LogP) is 4.98. The van der Waals surface area contributed by atoms with Gasteiger partial charge in [0.05, 0.1) is 37.2 Å². The number of aryl methyl sites for hydroxylation is 2. The molecule has 0 saturated carbocycles. The number of nitrogens with zero attached hydrogens (tertiary/aromatic N) is 2. The molecule has 200 valence electrons. The Morgan fingerprint density at radius 3 is 2.79 bits per heavy atom. The Labute approximate surface area is 221 Å². The van der Waals surface area contributed by atoms with Crippen molar-refractivity contribution >= 4 is 45.2 Å². The number of nitrogens with one attached hydrogen (secondary N) is 3. The number of ether oxygens (including phenoxy) is 2. The Balaban J connectivity index is 1.57. The fourth-order valence-corrected chi connectivity index (χ4v) is 4.88. The molecule has 4 heterocycles. The molecule has 9 heteroatoms. The van der Waals surface area contributed by atoms with Crippen LogP contribution in [0.4, 0.5) is 11.4 Å². The molecule has 0 bridgehead atoms. The number of H-pyrrole nitrogens is 1. The summed E-state index contributed by atoms with van der Waals surface area (Å²) in [7, 11) is 1.35. The molecular formula is C29H35N5O4. The summed E-state index contributed by atoms with van der Waals surface area (Å²) in [5.74, 6) is -0.958. The average Bonchev–Trinajstić information content (AvgIpc) is 3.64. The van der Waals surface area contributed by atoms with Gasteiger partial charge in [-0.25, -0.2) is 9.78 Å². The first-order chi connectivity index (χ1) is 18.2. The van der Waals surface area contributed by atoms with Crippen LogP contribution >= 0.6 is 0 Å². The van der Waals surface area contributed by atoms with Crippen LogP contribution in [0.1, 0.15) is 43.2 Å². The number of anilines is 2. The first-order valence-electron chi connectivity index (χ1n) is 13.0. The zero-order valence-corrected chi connectivity index (χ0v) is 22.4. The molecule has 4 aromatic rings. The lowest BCUT2D eigenvalue weighted by Crippen LogP contribution is -2.24. The van der Waals surface area contributed by atoms with Crippen LogP contribution in [0, 0.1) is 11.3 Å². The van der Waals surface area contributed by atoms with E-state index in [0.717, 1.165) is 28.7 Å². The number of methoxy groups -OCH3 is 1. The number of pyridine rings is 1. The molecule has 1 atom stereocenters. The Morgan fingerprint density at radius 2 is 2.05 bits per heavy atom. The second-order valence-corrected chi connectivity index (χ2v) is 11.0. The van der Waals surface area contributed by atoms with E-state index in [1.165, 1.54) is 7.11 Å². The summed E-state index contributed by atoms with van der Waals surface area (Å²) in [5.41, 5.74) is 4.41. The highest BCUT2D eigenvalue weighted by Gasteiger charge is 2.30. The Bertz CT molecular complexity index is 1470. The van der Waals surface area contributed by atoms with Gasteiger partial charge in [0.1, 0.15) is 5.65 Å². The Kier molecular flexibility index (Phi) is 7.12. The molecule has 1 saturated heterocycles. The smallest absolute Gasteiger partial charge is 0.356 e. The fourth-order valence-electron chi connectivity index (χ4n) is 4.88. The summed E-state index contributed by atoms with van der Waals surface area (Å²) in [4.78, 5) is 34.4. The maximum absolute atomic E-state index is 13.2. The first kappa shape index (κ1) is 25.8. The van der Waals surface area contributed by atoms with Gasteiger partial charge in [-0.15, -0.1) is 0 Å². The van der Waals surface area contributed by atoms with Gasteiger partial charge in [-0.2, -0.15) is 0 Å². The number of amides is 1. The number of hydrogen-bond acceptors (Lipinski definition) is 6. The minimum atomic E-state index is -0.524. The van der Waals surface area contributed by atoms with Crippen molar-refractivity contribution in [1.29, 1.82) is 0 Å². The largest absolute Gasteiger partial charge is 0.464 e. The standard InChI is InChI=1S/C29H35N5O4/c1-29(2,3)17-32-20-13-22-24(33-27(35)19-10-12-38-16-19)25(28(36)37-4)34(26(22)31-15-20)11-9-18-14-30-23-8-6-5-7-21(18)23/h5-8,13-15,19,30,32H,9-12,16-17H2,1-4H3,(H,33,35). The molecule has 5 rings (SSSR count). The fraction of sp³-hybridized carbons (Fsp3) is 0.414. The number of aromatic amines is 1. The van der Waals surface area contributed by atoms with E-state index in [4.69, 9.17) is 14.5 Å². The zero-order chi connectivity index (χ0) is 26.9. The summed E-state index contributed by atoms with van der Waals surface area (Å²) in [5, 5.41) is 8.30. The maximum atomic E-state index is 13.2. The number of esters is 1. The molecule has 1 aliphatic heterocycles. The molecule has 0 aliphatic carbocycles. The van der Waals surface area contributed by atoms with Crippen molar-refractivity contribution in [1.82, 2.24) is 14.5 Å². The SMILES string of the molecule is COC(=O)c1c(NC(=O)C2CCOC2)c2cc(NCC(C)(C)C)cnc2n1CCc1c[nH]c2ccccc12. The third-order valence-corrected chi connectivity index (χ3v) is 6.93. The van der Waals surface area contributed by atoms with E-state index in [1.54, 1.807) is 6.20 Å². The number of hydrogen-bond donors (Lipinski definition) is 3. The van der Waals surface area contributed by atoms with Gasteiger partial charge < -0.3 is 29.7 Å². The minimum absolute atomic E-state index is 0.0664. The van der Waals surface area contributed by atoms with Crippen molar-refractivity contribution < 1.29 is 19.1 Å². The normalized spacial score (nSPS) is 15.7. The monoisotopic (exact) mass is 517 g/mol. The molecule has 3 N–H and O–H groups in total. The van der Waals surface area contributed by atoms with Crippen LogP contribution in [0.5, 0.6) is 0 Å². The van der Waals surface area contributed by atoms with Gasteiger partial charge in [0.2, 0.25) is 5.91 Å². The number of fused-ring (bicyclic) bond motifs is 2. The van der Waals surface area contributed by atoms with E-state index >= 15 is 0 Å². The van der Waals surface area contributed by atoms with Crippen LogP contribution in [0.2, 0.25) is 0 Å². The van der Waals surface area contributed by atoms with Gasteiger partial charge in [-0.3, -0.25) is 4.79 Å². The van der Waals surface area contributed by atoms with Gasteiger partial charge in [0.15, 0.2) is 5.69 Å². The third-order valence-electron chi connectivity index (χ3n) is 6.93. The number of para-hydroxylation sites is 1. The zero-order valence-electron chi connectivity index (χ0n) is 22.4. The topological polar surface area (TPSA) is 110 Å². The summed E-state index contributed by atoms with van der Waals surface area (Å²) >= 11 is 0. The van der Waals surface area contributed by atoms with E-state index in [1.807, 2.05) is 35.0 Å². The molecule has 1 aliphatic rings. The van der Waals surface area contributed by atoms with Crippen molar-refractivity contribution in [3.63, 3.8) is 0 Å². The van der Waals surface area contributed by atoms with Crippen LogP contribution in [-0.2, 0) is 27.2 Å². The number of carbonyl (C=O) groups is 2. The molecule has 3 aromatic heterocycles. The lowest BCUT2D eigenvalue weighted by molar-refractivity contribution is -0.119.